The van der Waals surface area contributed by atoms with E-state index < -0.39 is 23.7 Å². The number of nitrogens with zero attached hydrogens (tertiary/aromatic N) is 5. The van der Waals surface area contributed by atoms with Gasteiger partial charge in [-0.3, -0.25) is 9.59 Å². The molecule has 10 nitrogen and oxygen atoms in total. The highest BCUT2D eigenvalue weighted by Gasteiger charge is 2.33. The molecular formula is C28H28ClFN6O4. The number of carbonyl (C=O) groups excluding carboxylic acids is 2. The van der Waals surface area contributed by atoms with Gasteiger partial charge in [-0.15, -0.1) is 10.2 Å². The Morgan fingerprint density at radius 2 is 1.98 bits per heavy atom. The lowest BCUT2D eigenvalue weighted by Crippen LogP contribution is -2.46. The van der Waals surface area contributed by atoms with Crippen molar-refractivity contribution < 1.29 is 23.1 Å². The summed E-state index contributed by atoms with van der Waals surface area (Å²) in [5.41, 5.74) is 1.07. The van der Waals surface area contributed by atoms with Crippen LogP contribution in [-0.4, -0.2) is 56.2 Å². The minimum Gasteiger partial charge on any atom is -0.458 e. The number of aryl methyl sites for hydroxylation is 1. The number of benzene rings is 2. The van der Waals surface area contributed by atoms with Crippen LogP contribution in [0.1, 0.15) is 35.8 Å². The molecule has 0 radical (unpaired) electrons. The lowest BCUT2D eigenvalue weighted by molar-refractivity contribution is -0.142. The summed E-state index contributed by atoms with van der Waals surface area (Å²) in [6.45, 7) is 2.43. The van der Waals surface area contributed by atoms with Gasteiger partial charge in [0.15, 0.2) is 5.76 Å². The molecule has 2 amide bonds. The van der Waals surface area contributed by atoms with E-state index in [1.165, 1.54) is 29.2 Å². The fraction of sp³-hybridized carbons (Fsp3) is 0.321. The number of hydrogen-bond acceptors (Lipinski definition) is 7. The quantitative estimate of drug-likeness (QED) is 0.307. The second-order valence-corrected chi connectivity index (χ2v) is 9.91. The molecule has 1 aliphatic rings. The van der Waals surface area contributed by atoms with Crippen LogP contribution in [0.4, 0.5) is 4.39 Å². The molecule has 1 aliphatic heterocycles. The Morgan fingerprint density at radius 1 is 1.18 bits per heavy atom. The van der Waals surface area contributed by atoms with E-state index in [9.17, 15) is 14.0 Å². The van der Waals surface area contributed by atoms with Gasteiger partial charge in [-0.2, -0.15) is 4.80 Å². The van der Waals surface area contributed by atoms with E-state index in [0.29, 0.717) is 40.8 Å². The van der Waals surface area contributed by atoms with E-state index >= 15 is 0 Å². The maximum Gasteiger partial charge on any atom is 0.247 e. The smallest absolute Gasteiger partial charge is 0.247 e. The van der Waals surface area contributed by atoms with Crippen molar-refractivity contribution in [2.75, 3.05) is 13.2 Å². The summed E-state index contributed by atoms with van der Waals surface area (Å²) >= 11 is 6.45. The summed E-state index contributed by atoms with van der Waals surface area (Å²) in [7, 11) is 0. The first kappa shape index (κ1) is 27.5. The molecule has 0 bridgehead atoms. The Hall–Kier alpha value is -4.09. The molecule has 0 saturated carbocycles. The average Bonchev–Trinajstić information content (AvgIpc) is 3.72. The molecule has 208 valence electrons. The van der Waals surface area contributed by atoms with Crippen LogP contribution in [-0.2, 0) is 27.4 Å². The minimum atomic E-state index is -1.10. The lowest BCUT2D eigenvalue weighted by Gasteiger charge is -2.32. The Morgan fingerprint density at radius 3 is 2.67 bits per heavy atom. The minimum absolute atomic E-state index is 0.00678. The fourth-order valence-corrected chi connectivity index (χ4v) is 4.74. The van der Waals surface area contributed by atoms with Crippen molar-refractivity contribution in [3.8, 4) is 11.6 Å². The number of ether oxygens (including phenoxy) is 1. The number of furan rings is 1. The highest BCUT2D eigenvalue weighted by Crippen LogP contribution is 2.27. The number of nitrogens with one attached hydrogen (secondary N) is 1. The number of amides is 2. The van der Waals surface area contributed by atoms with Crippen molar-refractivity contribution in [1.82, 2.24) is 30.4 Å². The first-order chi connectivity index (χ1) is 19.4. The average molecular weight is 567 g/mol. The van der Waals surface area contributed by atoms with E-state index in [2.05, 4.69) is 20.7 Å². The lowest BCUT2D eigenvalue weighted by atomic mass is 10.0. The van der Waals surface area contributed by atoms with E-state index in [1.54, 1.807) is 43.3 Å². The Labute approximate surface area is 235 Å². The molecule has 40 heavy (non-hydrogen) atoms. The van der Waals surface area contributed by atoms with Crippen molar-refractivity contribution in [3.63, 3.8) is 0 Å². The van der Waals surface area contributed by atoms with Gasteiger partial charge in [0.2, 0.25) is 17.6 Å². The molecule has 1 saturated heterocycles. The summed E-state index contributed by atoms with van der Waals surface area (Å²) in [4.78, 5) is 30.1. The predicted molar refractivity (Wildman–Crippen MR) is 143 cm³/mol. The Kier molecular flexibility index (Phi) is 8.51. The topological polar surface area (TPSA) is 115 Å². The van der Waals surface area contributed by atoms with Crippen molar-refractivity contribution in [1.29, 1.82) is 0 Å². The number of rotatable bonds is 10. The van der Waals surface area contributed by atoms with E-state index in [4.69, 9.17) is 20.8 Å². The first-order valence-electron chi connectivity index (χ1n) is 12.9. The van der Waals surface area contributed by atoms with Gasteiger partial charge in [0, 0.05) is 24.7 Å². The molecule has 1 fully saturated rings. The predicted octanol–water partition coefficient (Wildman–Crippen LogP) is 4.10. The summed E-state index contributed by atoms with van der Waals surface area (Å²) < 4.78 is 25.0. The number of aromatic nitrogens is 4. The maximum atomic E-state index is 13.9. The number of hydrogen-bond donors (Lipinski definition) is 1. The van der Waals surface area contributed by atoms with Crippen molar-refractivity contribution in [3.05, 3.63) is 88.4 Å². The number of carbonyl (C=O) groups is 2. The molecule has 2 atom stereocenters. The van der Waals surface area contributed by atoms with Gasteiger partial charge in [-0.25, -0.2) is 4.39 Å². The van der Waals surface area contributed by atoms with Crippen LogP contribution in [0.25, 0.3) is 11.6 Å². The fourth-order valence-electron chi connectivity index (χ4n) is 4.54. The highest BCUT2D eigenvalue weighted by atomic mass is 35.5. The van der Waals surface area contributed by atoms with Gasteiger partial charge >= 0.3 is 0 Å². The molecule has 4 aromatic rings. The summed E-state index contributed by atoms with van der Waals surface area (Å²) in [6, 6.07) is 14.9. The largest absolute Gasteiger partial charge is 0.458 e. The van der Waals surface area contributed by atoms with Crippen LogP contribution in [0.3, 0.4) is 0 Å². The maximum absolute atomic E-state index is 13.9. The summed E-state index contributed by atoms with van der Waals surface area (Å²) in [5, 5.41) is 15.6. The number of halogens is 2. The SMILES string of the molecule is Cc1ccc(-c2nnn(CC(=O)N(Cc3ccccc3Cl)[C@H](C(=O)NC[C@@H]3CCCO3)c3ccc(F)cc3)n2)o1. The molecule has 0 unspecified atom stereocenters. The second kappa shape index (κ2) is 12.4. The zero-order chi connectivity index (χ0) is 28.1. The third-order valence-corrected chi connectivity index (χ3v) is 6.95. The molecule has 5 rings (SSSR count). The molecule has 1 N–H and O–H groups in total. The molecule has 2 aromatic carbocycles. The Balaban J connectivity index is 1.46. The molecular weight excluding hydrogens is 539 g/mol. The summed E-state index contributed by atoms with van der Waals surface area (Å²) in [6.07, 6.45) is 1.65. The van der Waals surface area contributed by atoms with Crippen LogP contribution in [0.15, 0.2) is 65.1 Å². The van der Waals surface area contributed by atoms with Crippen LogP contribution in [0, 0.1) is 12.7 Å². The van der Waals surface area contributed by atoms with Crippen LogP contribution in [0.5, 0.6) is 0 Å². The van der Waals surface area contributed by atoms with E-state index in [0.717, 1.165) is 17.6 Å². The third kappa shape index (κ3) is 6.54. The van der Waals surface area contributed by atoms with Crippen molar-refractivity contribution >= 4 is 23.4 Å². The van der Waals surface area contributed by atoms with Crippen LogP contribution in [0.2, 0.25) is 5.02 Å². The zero-order valence-corrected chi connectivity index (χ0v) is 22.6. The van der Waals surface area contributed by atoms with Crippen LogP contribution >= 0.6 is 11.6 Å². The zero-order valence-electron chi connectivity index (χ0n) is 21.8. The van der Waals surface area contributed by atoms with E-state index in [1.807, 2.05) is 0 Å². The Bertz CT molecular complexity index is 1470. The normalized spacial score (nSPS) is 15.6. The number of tetrazole rings is 1. The van der Waals surface area contributed by atoms with Crippen molar-refractivity contribution in [2.24, 2.45) is 0 Å². The molecule has 0 spiro atoms. The standard InChI is InChI=1S/C28H28ClFN6O4/c1-18-8-13-24(40-18)27-32-34-36(33-27)17-25(37)35(16-20-5-2-3-7-23(20)29)26(19-9-11-21(30)12-10-19)28(38)31-15-22-6-4-14-39-22/h2-3,5,7-13,22,26H,4,6,14-17H2,1H3,(H,31,38)/t22-,26-/m0/s1. The van der Waals surface area contributed by atoms with Gasteiger partial charge in [0.05, 0.1) is 6.10 Å². The molecule has 0 aliphatic carbocycles. The van der Waals surface area contributed by atoms with Gasteiger partial charge in [-0.1, -0.05) is 41.9 Å². The van der Waals surface area contributed by atoms with Gasteiger partial charge in [-0.05, 0) is 66.4 Å². The monoisotopic (exact) mass is 566 g/mol. The second-order valence-electron chi connectivity index (χ2n) is 9.50. The first-order valence-corrected chi connectivity index (χ1v) is 13.3. The highest BCUT2D eigenvalue weighted by molar-refractivity contribution is 6.31. The van der Waals surface area contributed by atoms with Crippen LogP contribution < -0.4 is 5.32 Å². The molecule has 12 heteroatoms. The van der Waals surface area contributed by atoms with E-state index in [-0.39, 0.29) is 25.0 Å². The third-order valence-electron chi connectivity index (χ3n) is 6.58. The molecule has 2 aromatic heterocycles. The van der Waals surface area contributed by atoms with Crippen molar-refractivity contribution in [2.45, 2.75) is 45.0 Å². The van der Waals surface area contributed by atoms with Gasteiger partial charge in [0.25, 0.3) is 0 Å². The molecule has 3 heterocycles. The van der Waals surface area contributed by atoms with Gasteiger partial charge < -0.3 is 19.4 Å². The van der Waals surface area contributed by atoms with Gasteiger partial charge in [0.1, 0.15) is 24.2 Å². The summed E-state index contributed by atoms with van der Waals surface area (Å²) in [5.74, 6) is -0.0325.